The molecule has 1 N–H and O–H groups in total. The number of aromatic nitrogens is 5. The molecule has 0 aliphatic rings. The Labute approximate surface area is 168 Å². The van der Waals surface area contributed by atoms with Gasteiger partial charge in [0.15, 0.2) is 11.5 Å². The van der Waals surface area contributed by atoms with Crippen molar-refractivity contribution in [1.82, 2.24) is 24.7 Å². The molecular weight excluding hydrogens is 368 g/mol. The number of carbonyl (C=O) groups excluding carboxylic acids is 1. The van der Waals surface area contributed by atoms with Gasteiger partial charge >= 0.3 is 0 Å². The summed E-state index contributed by atoms with van der Waals surface area (Å²) in [6, 6.07) is 9.58. The molecule has 29 heavy (non-hydrogen) atoms. The van der Waals surface area contributed by atoms with E-state index < -0.39 is 0 Å². The van der Waals surface area contributed by atoms with Crippen molar-refractivity contribution in [2.45, 2.75) is 40.0 Å². The van der Waals surface area contributed by atoms with Gasteiger partial charge in [0.05, 0.1) is 6.42 Å². The van der Waals surface area contributed by atoms with Crippen LogP contribution in [0, 0.1) is 13.8 Å². The second-order valence-electron chi connectivity index (χ2n) is 7.42. The minimum Gasteiger partial charge on any atom is -0.334 e. The minimum absolute atomic E-state index is 0.117. The van der Waals surface area contributed by atoms with Crippen molar-refractivity contribution in [2.24, 2.45) is 0 Å². The topological polar surface area (TPSA) is 98.2 Å². The number of hydrogen-bond donors (Lipinski definition) is 1. The smallest absolute Gasteiger partial charge is 0.258 e. The molecule has 0 aliphatic heterocycles. The first-order valence-corrected chi connectivity index (χ1v) is 9.45. The van der Waals surface area contributed by atoms with Gasteiger partial charge in [-0.15, -0.1) is 10.2 Å². The number of nitrogens with zero attached hydrogens (tertiary/aromatic N) is 5. The number of aryl methyl sites for hydroxylation is 2. The Balaban J connectivity index is 1.53. The van der Waals surface area contributed by atoms with Crippen LogP contribution >= 0.6 is 0 Å². The Morgan fingerprint density at radius 1 is 1.17 bits per heavy atom. The molecule has 0 unspecified atom stereocenters. The monoisotopic (exact) mass is 390 g/mol. The molecule has 0 bridgehead atoms. The number of anilines is 1. The van der Waals surface area contributed by atoms with E-state index in [2.05, 4.69) is 25.7 Å². The molecule has 0 saturated heterocycles. The SMILES string of the molecule is Cc1ccc(NC(=O)Cc2nnc3cc(-c4nc(C(C)C)no4)ccn23)c(C)c1. The van der Waals surface area contributed by atoms with Crippen LogP contribution in [0.4, 0.5) is 5.69 Å². The zero-order valence-corrected chi connectivity index (χ0v) is 16.8. The van der Waals surface area contributed by atoms with Gasteiger partial charge in [-0.25, -0.2) is 0 Å². The summed E-state index contributed by atoms with van der Waals surface area (Å²) in [6.45, 7) is 8.00. The zero-order valence-electron chi connectivity index (χ0n) is 16.8. The van der Waals surface area contributed by atoms with E-state index in [9.17, 15) is 4.79 Å². The highest BCUT2D eigenvalue weighted by atomic mass is 16.5. The second kappa shape index (κ2) is 7.46. The Hall–Kier alpha value is -3.55. The molecule has 8 heteroatoms. The van der Waals surface area contributed by atoms with Crippen LogP contribution in [0.3, 0.4) is 0 Å². The summed E-state index contributed by atoms with van der Waals surface area (Å²) in [7, 11) is 0. The molecule has 0 atom stereocenters. The second-order valence-corrected chi connectivity index (χ2v) is 7.42. The van der Waals surface area contributed by atoms with E-state index in [1.54, 1.807) is 4.40 Å². The van der Waals surface area contributed by atoms with E-state index in [-0.39, 0.29) is 18.2 Å². The molecule has 0 radical (unpaired) electrons. The van der Waals surface area contributed by atoms with E-state index in [0.29, 0.717) is 23.2 Å². The summed E-state index contributed by atoms with van der Waals surface area (Å²) >= 11 is 0. The van der Waals surface area contributed by atoms with Crippen LogP contribution in [-0.2, 0) is 11.2 Å². The molecule has 8 nitrogen and oxygen atoms in total. The van der Waals surface area contributed by atoms with Crippen LogP contribution in [0.1, 0.15) is 42.5 Å². The maximum Gasteiger partial charge on any atom is 0.258 e. The van der Waals surface area contributed by atoms with Gasteiger partial charge in [0.1, 0.15) is 5.82 Å². The third-order valence-corrected chi connectivity index (χ3v) is 4.66. The van der Waals surface area contributed by atoms with Crippen molar-refractivity contribution in [1.29, 1.82) is 0 Å². The summed E-state index contributed by atoms with van der Waals surface area (Å²) in [5.74, 6) is 1.70. The van der Waals surface area contributed by atoms with E-state index >= 15 is 0 Å². The summed E-state index contributed by atoms with van der Waals surface area (Å²) < 4.78 is 7.12. The van der Waals surface area contributed by atoms with Crippen molar-refractivity contribution < 1.29 is 9.32 Å². The molecule has 3 aromatic heterocycles. The van der Waals surface area contributed by atoms with Crippen molar-refractivity contribution >= 4 is 17.2 Å². The average molecular weight is 390 g/mol. The molecule has 4 rings (SSSR count). The van der Waals surface area contributed by atoms with E-state index in [1.165, 1.54) is 0 Å². The quantitative estimate of drug-likeness (QED) is 0.558. The fraction of sp³-hybridized carbons (Fsp3) is 0.286. The van der Waals surface area contributed by atoms with E-state index in [0.717, 1.165) is 22.4 Å². The molecule has 4 aromatic rings. The van der Waals surface area contributed by atoms with Crippen molar-refractivity contribution in [3.8, 4) is 11.5 Å². The number of nitrogens with one attached hydrogen (secondary N) is 1. The van der Waals surface area contributed by atoms with Gasteiger partial charge < -0.3 is 9.84 Å². The minimum atomic E-state index is -0.145. The maximum absolute atomic E-state index is 12.5. The van der Waals surface area contributed by atoms with Crippen LogP contribution < -0.4 is 5.32 Å². The molecule has 0 saturated carbocycles. The van der Waals surface area contributed by atoms with Crippen molar-refractivity contribution in [2.75, 3.05) is 5.32 Å². The van der Waals surface area contributed by atoms with Gasteiger partial charge in [0.2, 0.25) is 5.91 Å². The summed E-state index contributed by atoms with van der Waals surface area (Å²) in [6.07, 6.45) is 1.93. The highest BCUT2D eigenvalue weighted by molar-refractivity contribution is 5.92. The molecule has 3 heterocycles. The molecule has 148 valence electrons. The van der Waals surface area contributed by atoms with Crippen LogP contribution in [0.25, 0.3) is 17.1 Å². The third-order valence-electron chi connectivity index (χ3n) is 4.66. The maximum atomic E-state index is 12.5. The first-order chi connectivity index (χ1) is 13.9. The van der Waals surface area contributed by atoms with Crippen LogP contribution in [0.5, 0.6) is 0 Å². The Morgan fingerprint density at radius 2 is 2.00 bits per heavy atom. The van der Waals surface area contributed by atoms with Gasteiger partial charge in [-0.2, -0.15) is 4.98 Å². The lowest BCUT2D eigenvalue weighted by molar-refractivity contribution is -0.115. The Kier molecular flexibility index (Phi) is 4.84. The lowest BCUT2D eigenvalue weighted by atomic mass is 10.1. The molecule has 0 fully saturated rings. The number of hydrogen-bond acceptors (Lipinski definition) is 6. The first kappa shape index (κ1) is 18.8. The number of benzene rings is 1. The predicted octanol–water partition coefficient (Wildman–Crippen LogP) is 3.70. The Morgan fingerprint density at radius 3 is 2.72 bits per heavy atom. The fourth-order valence-corrected chi connectivity index (χ4v) is 3.07. The van der Waals surface area contributed by atoms with E-state index in [1.807, 2.05) is 64.2 Å². The zero-order chi connectivity index (χ0) is 20.5. The summed E-state index contributed by atoms with van der Waals surface area (Å²) in [5.41, 5.74) is 4.35. The van der Waals surface area contributed by atoms with Crippen molar-refractivity contribution in [3.05, 3.63) is 59.3 Å². The summed E-state index contributed by atoms with van der Waals surface area (Å²) in [4.78, 5) is 16.9. The van der Waals surface area contributed by atoms with Gasteiger partial charge in [-0.3, -0.25) is 9.20 Å². The highest BCUT2D eigenvalue weighted by Gasteiger charge is 2.15. The molecule has 1 aromatic carbocycles. The Bertz CT molecular complexity index is 1190. The molecule has 1 amide bonds. The van der Waals surface area contributed by atoms with Gasteiger partial charge in [0.25, 0.3) is 5.89 Å². The predicted molar refractivity (Wildman–Crippen MR) is 109 cm³/mol. The van der Waals surface area contributed by atoms with Gasteiger partial charge in [0, 0.05) is 23.4 Å². The van der Waals surface area contributed by atoms with Crippen molar-refractivity contribution in [3.63, 3.8) is 0 Å². The normalized spacial score (nSPS) is 11.3. The number of carbonyl (C=O) groups is 1. The lowest BCUT2D eigenvalue weighted by Crippen LogP contribution is -2.16. The molecule has 0 spiro atoms. The number of fused-ring (bicyclic) bond motifs is 1. The molecular formula is C21H22N6O2. The standard InChI is InChI=1S/C21H22N6O2/c1-12(2)20-23-21(29-26-20)15-7-8-27-17(10-15)24-25-18(27)11-19(28)22-16-6-5-13(3)9-14(16)4/h5-10,12H,11H2,1-4H3,(H,22,28). The van der Waals surface area contributed by atoms with E-state index in [4.69, 9.17) is 4.52 Å². The first-order valence-electron chi connectivity index (χ1n) is 9.45. The highest BCUT2D eigenvalue weighted by Crippen LogP contribution is 2.22. The van der Waals surface area contributed by atoms with Gasteiger partial charge in [-0.1, -0.05) is 36.7 Å². The fourth-order valence-electron chi connectivity index (χ4n) is 3.07. The van der Waals surface area contributed by atoms with Crippen LogP contribution in [0.15, 0.2) is 41.1 Å². The lowest BCUT2D eigenvalue weighted by Gasteiger charge is -2.08. The largest absolute Gasteiger partial charge is 0.334 e. The number of pyridine rings is 1. The van der Waals surface area contributed by atoms with Crippen LogP contribution in [0.2, 0.25) is 0 Å². The number of rotatable bonds is 5. The third kappa shape index (κ3) is 3.87. The average Bonchev–Trinajstić information content (AvgIpc) is 3.31. The molecule has 0 aliphatic carbocycles. The number of amides is 1. The summed E-state index contributed by atoms with van der Waals surface area (Å²) in [5, 5.41) is 15.3. The van der Waals surface area contributed by atoms with Crippen LogP contribution in [-0.4, -0.2) is 30.6 Å². The van der Waals surface area contributed by atoms with Gasteiger partial charge in [-0.05, 0) is 37.6 Å².